The first-order chi connectivity index (χ1) is 11.5. The third-order valence-electron chi connectivity index (χ3n) is 4.29. The van der Waals surface area contributed by atoms with E-state index in [0.717, 1.165) is 11.3 Å². The molecule has 1 N–H and O–H groups in total. The van der Waals surface area contributed by atoms with E-state index in [1.165, 1.54) is 0 Å². The minimum absolute atomic E-state index is 0.00909. The predicted molar refractivity (Wildman–Crippen MR) is 93.5 cm³/mol. The molecule has 126 valence electrons. The Morgan fingerprint density at radius 1 is 1.12 bits per heavy atom. The fourth-order valence-corrected chi connectivity index (χ4v) is 4.16. The highest BCUT2D eigenvalue weighted by atomic mass is 32.2. The lowest BCUT2D eigenvalue weighted by molar-refractivity contribution is -0.116. The molecule has 0 aliphatic carbocycles. The summed E-state index contributed by atoms with van der Waals surface area (Å²) in [4.78, 5) is 13.8. The lowest BCUT2D eigenvalue weighted by atomic mass is 9.98. The summed E-state index contributed by atoms with van der Waals surface area (Å²) in [5, 5.41) is 0. The molecule has 1 heterocycles. The van der Waals surface area contributed by atoms with Gasteiger partial charge in [-0.1, -0.05) is 36.4 Å². The number of sulfonamides is 1. The minimum atomic E-state index is -3.49. The normalized spacial score (nSPS) is 16.9. The van der Waals surface area contributed by atoms with Crippen LogP contribution in [0.4, 0.5) is 5.69 Å². The van der Waals surface area contributed by atoms with E-state index in [1.807, 2.05) is 24.3 Å². The van der Waals surface area contributed by atoms with E-state index < -0.39 is 10.0 Å². The second kappa shape index (κ2) is 6.75. The maximum Gasteiger partial charge on any atom is 0.240 e. The Morgan fingerprint density at radius 3 is 2.50 bits per heavy atom. The standard InChI is InChI=1S/C18H20N2O3S/c1-14(21)20-13-15(17-9-5-6-10-18(17)20)11-12-19-24(22,23)16-7-3-2-4-8-16/h2-10,15,19H,11-13H2,1H3. The summed E-state index contributed by atoms with van der Waals surface area (Å²) in [7, 11) is -3.49. The molecule has 0 saturated carbocycles. The van der Waals surface area contributed by atoms with Crippen molar-refractivity contribution < 1.29 is 13.2 Å². The van der Waals surface area contributed by atoms with Gasteiger partial charge in [-0.25, -0.2) is 13.1 Å². The summed E-state index contributed by atoms with van der Waals surface area (Å²) < 4.78 is 27.1. The number of rotatable bonds is 5. The van der Waals surface area contributed by atoms with Gasteiger partial charge in [0.25, 0.3) is 0 Å². The van der Waals surface area contributed by atoms with Crippen LogP contribution in [0.2, 0.25) is 0 Å². The molecule has 1 aliphatic heterocycles. The predicted octanol–water partition coefficient (Wildman–Crippen LogP) is 2.51. The van der Waals surface area contributed by atoms with Crippen molar-refractivity contribution in [3.8, 4) is 0 Å². The van der Waals surface area contributed by atoms with Gasteiger partial charge in [0, 0.05) is 31.6 Å². The lowest BCUT2D eigenvalue weighted by Crippen LogP contribution is -2.29. The fraction of sp³-hybridized carbons (Fsp3) is 0.278. The number of amides is 1. The van der Waals surface area contributed by atoms with Gasteiger partial charge >= 0.3 is 0 Å². The van der Waals surface area contributed by atoms with Gasteiger partial charge in [-0.05, 0) is 30.2 Å². The number of nitrogens with zero attached hydrogens (tertiary/aromatic N) is 1. The van der Waals surface area contributed by atoms with Crippen LogP contribution < -0.4 is 9.62 Å². The molecule has 2 aromatic rings. The van der Waals surface area contributed by atoms with E-state index in [9.17, 15) is 13.2 Å². The molecule has 0 spiro atoms. The third-order valence-corrected chi connectivity index (χ3v) is 5.77. The van der Waals surface area contributed by atoms with E-state index >= 15 is 0 Å². The van der Waals surface area contributed by atoms with Crippen molar-refractivity contribution >= 4 is 21.6 Å². The molecule has 24 heavy (non-hydrogen) atoms. The van der Waals surface area contributed by atoms with Gasteiger partial charge in [-0.15, -0.1) is 0 Å². The Hall–Kier alpha value is -2.18. The van der Waals surface area contributed by atoms with Crippen molar-refractivity contribution in [3.05, 3.63) is 60.2 Å². The van der Waals surface area contributed by atoms with Crippen molar-refractivity contribution in [2.75, 3.05) is 18.0 Å². The number of hydrogen-bond acceptors (Lipinski definition) is 3. The second-order valence-electron chi connectivity index (χ2n) is 5.88. The second-order valence-corrected chi connectivity index (χ2v) is 7.65. The fourth-order valence-electron chi connectivity index (χ4n) is 3.09. The van der Waals surface area contributed by atoms with Gasteiger partial charge in [-0.3, -0.25) is 4.79 Å². The number of anilines is 1. The molecule has 0 fully saturated rings. The lowest BCUT2D eigenvalue weighted by Gasteiger charge is -2.15. The third kappa shape index (κ3) is 3.34. The number of carbonyl (C=O) groups is 1. The quantitative estimate of drug-likeness (QED) is 0.906. The molecule has 2 aromatic carbocycles. The first-order valence-corrected chi connectivity index (χ1v) is 9.39. The first-order valence-electron chi connectivity index (χ1n) is 7.91. The number of hydrogen-bond donors (Lipinski definition) is 1. The van der Waals surface area contributed by atoms with Crippen molar-refractivity contribution in [1.82, 2.24) is 4.72 Å². The van der Waals surface area contributed by atoms with Crippen LogP contribution in [0.3, 0.4) is 0 Å². The molecule has 0 bridgehead atoms. The summed E-state index contributed by atoms with van der Waals surface area (Å²) >= 11 is 0. The molecule has 5 nitrogen and oxygen atoms in total. The molecule has 0 aromatic heterocycles. The van der Waals surface area contributed by atoms with Gasteiger partial charge in [0.2, 0.25) is 15.9 Å². The van der Waals surface area contributed by atoms with Crippen LogP contribution in [0.5, 0.6) is 0 Å². The smallest absolute Gasteiger partial charge is 0.240 e. The largest absolute Gasteiger partial charge is 0.312 e. The van der Waals surface area contributed by atoms with Crippen molar-refractivity contribution in [1.29, 1.82) is 0 Å². The zero-order valence-corrected chi connectivity index (χ0v) is 14.3. The van der Waals surface area contributed by atoms with Crippen LogP contribution in [0.15, 0.2) is 59.5 Å². The van der Waals surface area contributed by atoms with Crippen LogP contribution in [-0.4, -0.2) is 27.4 Å². The zero-order valence-electron chi connectivity index (χ0n) is 13.5. The van der Waals surface area contributed by atoms with Crippen molar-refractivity contribution in [2.24, 2.45) is 0 Å². The molecule has 6 heteroatoms. The Labute approximate surface area is 142 Å². The average Bonchev–Trinajstić information content (AvgIpc) is 2.95. The molecule has 1 amide bonds. The van der Waals surface area contributed by atoms with Crippen LogP contribution in [0.1, 0.15) is 24.8 Å². The van der Waals surface area contributed by atoms with Crippen LogP contribution >= 0.6 is 0 Å². The maximum atomic E-state index is 12.2. The number of benzene rings is 2. The highest BCUT2D eigenvalue weighted by molar-refractivity contribution is 7.89. The SMILES string of the molecule is CC(=O)N1CC(CCNS(=O)(=O)c2ccccc2)c2ccccc21. The van der Waals surface area contributed by atoms with Crippen LogP contribution in [0.25, 0.3) is 0 Å². The highest BCUT2D eigenvalue weighted by Gasteiger charge is 2.30. The van der Waals surface area contributed by atoms with Gasteiger partial charge in [0.05, 0.1) is 4.90 Å². The molecule has 3 rings (SSSR count). The summed E-state index contributed by atoms with van der Waals surface area (Å²) in [5.74, 6) is 0.151. The Kier molecular flexibility index (Phi) is 4.69. The van der Waals surface area contributed by atoms with Crippen LogP contribution in [-0.2, 0) is 14.8 Å². The van der Waals surface area contributed by atoms with E-state index in [1.54, 1.807) is 42.2 Å². The van der Waals surface area contributed by atoms with Crippen LogP contribution in [0, 0.1) is 0 Å². The number of fused-ring (bicyclic) bond motifs is 1. The number of nitrogens with one attached hydrogen (secondary N) is 1. The average molecular weight is 344 g/mol. The molecular formula is C18H20N2O3S. The van der Waals surface area contributed by atoms with E-state index in [-0.39, 0.29) is 16.7 Å². The summed E-state index contributed by atoms with van der Waals surface area (Å²) in [6.07, 6.45) is 0.646. The molecule has 0 saturated heterocycles. The summed E-state index contributed by atoms with van der Waals surface area (Å²) in [6.45, 7) is 2.49. The summed E-state index contributed by atoms with van der Waals surface area (Å²) in [6, 6.07) is 16.1. The van der Waals surface area contributed by atoms with Crippen molar-refractivity contribution in [2.45, 2.75) is 24.2 Å². The Balaban J connectivity index is 1.67. The molecule has 1 unspecified atom stereocenters. The minimum Gasteiger partial charge on any atom is -0.312 e. The molecule has 1 aliphatic rings. The van der Waals surface area contributed by atoms with E-state index in [2.05, 4.69) is 4.72 Å². The first kappa shape index (κ1) is 16.7. The highest BCUT2D eigenvalue weighted by Crippen LogP contribution is 2.37. The maximum absolute atomic E-state index is 12.2. The number of para-hydroxylation sites is 1. The van der Waals surface area contributed by atoms with Gasteiger partial charge in [0.1, 0.15) is 0 Å². The number of carbonyl (C=O) groups excluding carboxylic acids is 1. The topological polar surface area (TPSA) is 66.5 Å². The molecule has 0 radical (unpaired) electrons. The van der Waals surface area contributed by atoms with E-state index in [0.29, 0.717) is 19.5 Å². The van der Waals surface area contributed by atoms with Gasteiger partial charge in [0.15, 0.2) is 0 Å². The van der Waals surface area contributed by atoms with Crippen molar-refractivity contribution in [3.63, 3.8) is 0 Å². The Morgan fingerprint density at radius 2 is 1.79 bits per heavy atom. The Bertz CT molecular complexity index is 834. The monoisotopic (exact) mass is 344 g/mol. The molecular weight excluding hydrogens is 324 g/mol. The molecule has 1 atom stereocenters. The summed E-state index contributed by atoms with van der Waals surface area (Å²) in [5.41, 5.74) is 2.03. The zero-order chi connectivity index (χ0) is 17.2. The van der Waals surface area contributed by atoms with Gasteiger partial charge in [-0.2, -0.15) is 0 Å². The van der Waals surface area contributed by atoms with E-state index in [4.69, 9.17) is 0 Å². The van der Waals surface area contributed by atoms with Gasteiger partial charge < -0.3 is 4.90 Å².